The standard InChI is InChI=1S/C22H26FN3O4/c1-4-26(19-11-9-18(23)10-12-19)20(27)14-30-21(28)17-7-5-16(6-8-17)13-24-22(29)25-15(2)3/h5-12,15H,4,13-14H2,1-3H3,(H2,24,25,29). The van der Waals surface area contributed by atoms with E-state index in [1.807, 2.05) is 13.8 Å². The van der Waals surface area contributed by atoms with Crippen LogP contribution < -0.4 is 15.5 Å². The van der Waals surface area contributed by atoms with E-state index in [0.29, 0.717) is 24.3 Å². The molecule has 0 aliphatic heterocycles. The number of amides is 3. The molecule has 0 saturated carbocycles. The Balaban J connectivity index is 1.87. The first-order valence-corrected chi connectivity index (χ1v) is 9.66. The number of halogens is 1. The van der Waals surface area contributed by atoms with Gasteiger partial charge in [0.25, 0.3) is 5.91 Å². The Bertz CT molecular complexity index is 867. The zero-order chi connectivity index (χ0) is 22.1. The van der Waals surface area contributed by atoms with Gasteiger partial charge in [-0.15, -0.1) is 0 Å². The predicted octanol–water partition coefficient (Wildman–Crippen LogP) is 3.24. The first-order valence-electron chi connectivity index (χ1n) is 9.66. The van der Waals surface area contributed by atoms with E-state index in [9.17, 15) is 18.8 Å². The molecule has 0 bridgehead atoms. The van der Waals surface area contributed by atoms with Crippen molar-refractivity contribution in [1.82, 2.24) is 10.6 Å². The van der Waals surface area contributed by atoms with E-state index in [0.717, 1.165) is 5.56 Å². The summed E-state index contributed by atoms with van der Waals surface area (Å²) in [5.41, 5.74) is 1.64. The maximum absolute atomic E-state index is 13.1. The summed E-state index contributed by atoms with van der Waals surface area (Å²) in [6, 6.07) is 11.8. The van der Waals surface area contributed by atoms with E-state index in [4.69, 9.17) is 4.74 Å². The molecule has 0 aromatic heterocycles. The van der Waals surface area contributed by atoms with Crippen LogP contribution in [0.5, 0.6) is 0 Å². The number of benzene rings is 2. The first kappa shape index (κ1) is 22.9. The van der Waals surface area contributed by atoms with Crippen molar-refractivity contribution in [3.8, 4) is 0 Å². The average Bonchev–Trinajstić information content (AvgIpc) is 2.72. The summed E-state index contributed by atoms with van der Waals surface area (Å²) in [5, 5.41) is 5.44. The molecule has 0 atom stereocenters. The maximum Gasteiger partial charge on any atom is 0.338 e. The molecule has 3 amide bonds. The summed E-state index contributed by atoms with van der Waals surface area (Å²) in [5.74, 6) is -1.43. The van der Waals surface area contributed by atoms with Gasteiger partial charge in [-0.25, -0.2) is 14.0 Å². The van der Waals surface area contributed by atoms with E-state index >= 15 is 0 Å². The fourth-order valence-corrected chi connectivity index (χ4v) is 2.67. The minimum Gasteiger partial charge on any atom is -0.452 e. The van der Waals surface area contributed by atoms with Crippen molar-refractivity contribution in [2.45, 2.75) is 33.4 Å². The van der Waals surface area contributed by atoms with Gasteiger partial charge in [0, 0.05) is 24.8 Å². The molecule has 2 N–H and O–H groups in total. The van der Waals surface area contributed by atoms with E-state index in [1.165, 1.54) is 29.2 Å². The monoisotopic (exact) mass is 415 g/mol. The summed E-state index contributed by atoms with van der Waals surface area (Å²) < 4.78 is 18.2. The molecule has 0 aliphatic rings. The van der Waals surface area contributed by atoms with Gasteiger partial charge >= 0.3 is 12.0 Å². The molecular formula is C22H26FN3O4. The van der Waals surface area contributed by atoms with Crippen LogP contribution in [-0.2, 0) is 16.1 Å². The molecule has 0 spiro atoms. The molecule has 2 aromatic carbocycles. The van der Waals surface area contributed by atoms with Crippen molar-refractivity contribution < 1.29 is 23.5 Å². The van der Waals surface area contributed by atoms with Gasteiger partial charge in [0.2, 0.25) is 0 Å². The third-order valence-corrected chi connectivity index (χ3v) is 4.14. The molecule has 0 saturated heterocycles. The summed E-state index contributed by atoms with van der Waals surface area (Å²) in [6.45, 7) is 5.75. The van der Waals surface area contributed by atoms with Crippen LogP contribution in [0.25, 0.3) is 0 Å². The number of likely N-dealkylation sites (N-methyl/N-ethyl adjacent to an activating group) is 1. The van der Waals surface area contributed by atoms with Crippen LogP contribution >= 0.6 is 0 Å². The number of rotatable bonds is 8. The van der Waals surface area contributed by atoms with Gasteiger partial charge in [0.05, 0.1) is 5.56 Å². The SMILES string of the molecule is CCN(C(=O)COC(=O)c1ccc(CNC(=O)NC(C)C)cc1)c1ccc(F)cc1. The van der Waals surface area contributed by atoms with Gasteiger partial charge < -0.3 is 20.3 Å². The molecule has 2 aromatic rings. The molecule has 160 valence electrons. The molecular weight excluding hydrogens is 389 g/mol. The molecule has 0 unspecified atom stereocenters. The number of urea groups is 1. The van der Waals surface area contributed by atoms with Crippen molar-refractivity contribution in [3.63, 3.8) is 0 Å². The lowest BCUT2D eigenvalue weighted by atomic mass is 10.1. The summed E-state index contributed by atoms with van der Waals surface area (Å²) in [7, 11) is 0. The average molecular weight is 415 g/mol. The van der Waals surface area contributed by atoms with Crippen molar-refractivity contribution in [2.24, 2.45) is 0 Å². The van der Waals surface area contributed by atoms with Crippen LogP contribution in [0.3, 0.4) is 0 Å². The van der Waals surface area contributed by atoms with Gasteiger partial charge in [0.1, 0.15) is 5.82 Å². The van der Waals surface area contributed by atoms with Crippen LogP contribution in [0.4, 0.5) is 14.9 Å². The fourth-order valence-electron chi connectivity index (χ4n) is 2.67. The van der Waals surface area contributed by atoms with E-state index in [-0.39, 0.29) is 12.1 Å². The Morgan fingerprint density at radius 1 is 1.03 bits per heavy atom. The van der Waals surface area contributed by atoms with Crippen molar-refractivity contribution in [3.05, 3.63) is 65.5 Å². The molecule has 8 heteroatoms. The smallest absolute Gasteiger partial charge is 0.338 e. The van der Waals surface area contributed by atoms with E-state index < -0.39 is 24.3 Å². The molecule has 0 aliphatic carbocycles. The van der Waals surface area contributed by atoms with E-state index in [2.05, 4.69) is 10.6 Å². The molecule has 7 nitrogen and oxygen atoms in total. The Hall–Kier alpha value is -3.42. The topological polar surface area (TPSA) is 87.7 Å². The first-order chi connectivity index (χ1) is 14.3. The number of hydrogen-bond acceptors (Lipinski definition) is 4. The Labute approximate surface area is 175 Å². The Morgan fingerprint density at radius 3 is 2.23 bits per heavy atom. The van der Waals surface area contributed by atoms with Crippen LogP contribution in [0.15, 0.2) is 48.5 Å². The fraction of sp³-hybridized carbons (Fsp3) is 0.318. The summed E-state index contributed by atoms with van der Waals surface area (Å²) in [6.07, 6.45) is 0. The number of carbonyl (C=O) groups excluding carboxylic acids is 3. The number of esters is 1. The molecule has 0 radical (unpaired) electrons. The highest BCUT2D eigenvalue weighted by atomic mass is 19.1. The minimum atomic E-state index is -0.629. The second-order valence-corrected chi connectivity index (χ2v) is 6.87. The largest absolute Gasteiger partial charge is 0.452 e. The number of hydrogen-bond donors (Lipinski definition) is 2. The van der Waals surface area contributed by atoms with Gasteiger partial charge in [0.15, 0.2) is 6.61 Å². The maximum atomic E-state index is 13.1. The number of nitrogens with zero attached hydrogens (tertiary/aromatic N) is 1. The third-order valence-electron chi connectivity index (χ3n) is 4.14. The van der Waals surface area contributed by atoms with E-state index in [1.54, 1.807) is 31.2 Å². The second-order valence-electron chi connectivity index (χ2n) is 6.87. The number of anilines is 1. The molecule has 0 heterocycles. The lowest BCUT2D eigenvalue weighted by molar-refractivity contribution is -0.121. The van der Waals surface area contributed by atoms with Gasteiger partial charge in [-0.2, -0.15) is 0 Å². The molecule has 0 fully saturated rings. The predicted molar refractivity (Wildman–Crippen MR) is 112 cm³/mol. The van der Waals surface area contributed by atoms with Crippen LogP contribution in [-0.4, -0.2) is 37.1 Å². The molecule has 30 heavy (non-hydrogen) atoms. The highest BCUT2D eigenvalue weighted by Crippen LogP contribution is 2.15. The summed E-state index contributed by atoms with van der Waals surface area (Å²) in [4.78, 5) is 37.6. The van der Waals surface area contributed by atoms with Crippen molar-refractivity contribution in [1.29, 1.82) is 0 Å². The Morgan fingerprint density at radius 2 is 1.67 bits per heavy atom. The second kappa shape index (κ2) is 10.9. The van der Waals surface area contributed by atoms with Gasteiger partial charge in [-0.1, -0.05) is 12.1 Å². The van der Waals surface area contributed by atoms with Gasteiger partial charge in [-0.05, 0) is 62.7 Å². The lowest BCUT2D eigenvalue weighted by Gasteiger charge is -2.20. The zero-order valence-corrected chi connectivity index (χ0v) is 17.3. The highest BCUT2D eigenvalue weighted by molar-refractivity contribution is 5.97. The number of ether oxygens (including phenoxy) is 1. The minimum absolute atomic E-state index is 0.0385. The van der Waals surface area contributed by atoms with Crippen LogP contribution in [0, 0.1) is 5.82 Å². The van der Waals surface area contributed by atoms with Crippen molar-refractivity contribution in [2.75, 3.05) is 18.1 Å². The number of carbonyl (C=O) groups is 3. The zero-order valence-electron chi connectivity index (χ0n) is 17.3. The van der Waals surface area contributed by atoms with Crippen LogP contribution in [0.2, 0.25) is 0 Å². The van der Waals surface area contributed by atoms with Crippen molar-refractivity contribution >= 4 is 23.6 Å². The normalized spacial score (nSPS) is 10.4. The van der Waals surface area contributed by atoms with Crippen LogP contribution in [0.1, 0.15) is 36.7 Å². The Kier molecular flexibility index (Phi) is 8.34. The summed E-state index contributed by atoms with van der Waals surface area (Å²) >= 11 is 0. The highest BCUT2D eigenvalue weighted by Gasteiger charge is 2.17. The lowest BCUT2D eigenvalue weighted by Crippen LogP contribution is -2.39. The molecule has 2 rings (SSSR count). The number of nitrogens with one attached hydrogen (secondary N) is 2. The van der Waals surface area contributed by atoms with Gasteiger partial charge in [-0.3, -0.25) is 4.79 Å². The quantitative estimate of drug-likeness (QED) is 0.648. The third kappa shape index (κ3) is 6.88.